The van der Waals surface area contributed by atoms with Crippen LogP contribution in [0, 0.1) is 0 Å². The van der Waals surface area contributed by atoms with Gasteiger partial charge >= 0.3 is 6.18 Å². The number of phenols is 1. The van der Waals surface area contributed by atoms with E-state index in [0.29, 0.717) is 10.6 Å². The average Bonchev–Trinajstić information content (AvgIpc) is 2.30. The largest absolute Gasteiger partial charge is 0.508 e. The maximum Gasteiger partial charge on any atom is 0.408 e. The molecule has 1 amide bonds. The molecular formula is C11H10F3N3O2. The molecule has 0 spiro atoms. The number of carbonyl (C=O) groups is 1. The lowest BCUT2D eigenvalue weighted by Gasteiger charge is -2.25. The molecule has 1 aromatic carbocycles. The third-order valence-corrected chi connectivity index (χ3v) is 2.36. The maximum absolute atomic E-state index is 12.3. The molecule has 1 aliphatic rings. The second-order valence-electron chi connectivity index (χ2n) is 3.92. The average molecular weight is 273 g/mol. The Morgan fingerprint density at radius 2 is 2.16 bits per heavy atom. The third kappa shape index (κ3) is 3.36. The highest BCUT2D eigenvalue weighted by Crippen LogP contribution is 2.19. The minimum Gasteiger partial charge on any atom is -0.508 e. The summed E-state index contributed by atoms with van der Waals surface area (Å²) >= 11 is 0. The van der Waals surface area contributed by atoms with Gasteiger partial charge in [0.15, 0.2) is 5.84 Å². The SMILES string of the molecule is O=C1CNC(c2cccc(O)c2)=NN1CC(F)(F)F. The van der Waals surface area contributed by atoms with E-state index in [4.69, 9.17) is 0 Å². The number of nitrogens with one attached hydrogen (secondary N) is 1. The van der Waals surface area contributed by atoms with Crippen LogP contribution in [0.1, 0.15) is 5.56 Å². The number of hydrogen-bond acceptors (Lipinski definition) is 4. The van der Waals surface area contributed by atoms with Crippen LogP contribution < -0.4 is 5.32 Å². The molecule has 0 atom stereocenters. The number of nitrogens with zero attached hydrogens (tertiary/aromatic N) is 2. The van der Waals surface area contributed by atoms with Crippen molar-refractivity contribution in [2.45, 2.75) is 6.18 Å². The van der Waals surface area contributed by atoms with E-state index < -0.39 is 18.6 Å². The first-order valence-corrected chi connectivity index (χ1v) is 5.34. The fourth-order valence-corrected chi connectivity index (χ4v) is 1.57. The first kappa shape index (κ1) is 13.2. The summed E-state index contributed by atoms with van der Waals surface area (Å²) < 4.78 is 36.9. The lowest BCUT2D eigenvalue weighted by Crippen LogP contribution is -2.47. The number of phenolic OH excluding ortho intramolecular Hbond substituents is 1. The molecule has 1 aliphatic heterocycles. The maximum atomic E-state index is 12.3. The number of amides is 1. The second-order valence-corrected chi connectivity index (χ2v) is 3.92. The summed E-state index contributed by atoms with van der Waals surface area (Å²) in [6.07, 6.45) is -4.51. The Morgan fingerprint density at radius 3 is 2.79 bits per heavy atom. The monoisotopic (exact) mass is 273 g/mol. The minimum absolute atomic E-state index is 0.0405. The molecule has 2 rings (SSSR count). The predicted molar refractivity (Wildman–Crippen MR) is 60.4 cm³/mol. The molecule has 0 saturated carbocycles. The van der Waals surface area contributed by atoms with E-state index in [2.05, 4.69) is 10.4 Å². The highest BCUT2D eigenvalue weighted by Gasteiger charge is 2.34. The van der Waals surface area contributed by atoms with Crippen molar-refractivity contribution in [3.63, 3.8) is 0 Å². The number of hydrazone groups is 1. The van der Waals surface area contributed by atoms with Crippen LogP contribution in [-0.2, 0) is 4.79 Å². The van der Waals surface area contributed by atoms with Gasteiger partial charge in [0.25, 0.3) is 5.91 Å². The van der Waals surface area contributed by atoms with E-state index in [0.717, 1.165) is 0 Å². The van der Waals surface area contributed by atoms with Gasteiger partial charge in [0.05, 0.1) is 6.54 Å². The van der Waals surface area contributed by atoms with E-state index >= 15 is 0 Å². The molecule has 0 saturated heterocycles. The minimum atomic E-state index is -4.51. The second kappa shape index (κ2) is 4.79. The Labute approximate surface area is 106 Å². The van der Waals surface area contributed by atoms with Gasteiger partial charge < -0.3 is 10.4 Å². The smallest absolute Gasteiger partial charge is 0.408 e. The molecule has 0 bridgehead atoms. The van der Waals surface area contributed by atoms with Gasteiger partial charge in [0.1, 0.15) is 12.3 Å². The van der Waals surface area contributed by atoms with Gasteiger partial charge in [-0.3, -0.25) is 4.79 Å². The number of benzene rings is 1. The summed E-state index contributed by atoms with van der Waals surface area (Å²) in [5, 5.41) is 15.9. The van der Waals surface area contributed by atoms with Crippen molar-refractivity contribution in [3.05, 3.63) is 29.8 Å². The summed E-state index contributed by atoms with van der Waals surface area (Å²) in [6.45, 7) is -1.71. The zero-order valence-electron chi connectivity index (χ0n) is 9.61. The van der Waals surface area contributed by atoms with Crippen LogP contribution in [0.5, 0.6) is 5.75 Å². The summed E-state index contributed by atoms with van der Waals surface area (Å²) in [7, 11) is 0. The van der Waals surface area contributed by atoms with Gasteiger partial charge in [-0.1, -0.05) is 12.1 Å². The summed E-state index contributed by atoms with van der Waals surface area (Å²) in [4.78, 5) is 11.3. The molecule has 5 nitrogen and oxygen atoms in total. The number of hydrogen-bond donors (Lipinski definition) is 2. The number of carbonyl (C=O) groups excluding carboxylic acids is 1. The molecule has 1 aromatic rings. The highest BCUT2D eigenvalue weighted by atomic mass is 19.4. The molecular weight excluding hydrogens is 263 g/mol. The fraction of sp³-hybridized carbons (Fsp3) is 0.273. The van der Waals surface area contributed by atoms with E-state index in [-0.39, 0.29) is 18.1 Å². The molecule has 0 fully saturated rings. The predicted octanol–water partition coefficient (Wildman–Crippen LogP) is 1.05. The molecule has 8 heteroatoms. The summed E-state index contributed by atoms with van der Waals surface area (Å²) in [6, 6.07) is 5.85. The van der Waals surface area contributed by atoms with Gasteiger partial charge in [0, 0.05) is 5.56 Å². The standard InChI is InChI=1S/C11H10F3N3O2/c12-11(13,14)6-17-9(19)5-15-10(16-17)7-2-1-3-8(18)4-7/h1-4,18H,5-6H2,(H,15,16). The topological polar surface area (TPSA) is 64.9 Å². The molecule has 0 aliphatic carbocycles. The number of aromatic hydroxyl groups is 1. The van der Waals surface area contributed by atoms with Gasteiger partial charge in [-0.25, -0.2) is 5.01 Å². The molecule has 102 valence electrons. The molecule has 2 N–H and O–H groups in total. The van der Waals surface area contributed by atoms with Crippen LogP contribution in [0.4, 0.5) is 13.2 Å². The lowest BCUT2D eigenvalue weighted by molar-refractivity contribution is -0.161. The third-order valence-electron chi connectivity index (χ3n) is 2.36. The van der Waals surface area contributed by atoms with Gasteiger partial charge in [-0.05, 0) is 12.1 Å². The normalized spacial score (nSPS) is 16.1. The van der Waals surface area contributed by atoms with Gasteiger partial charge in [-0.15, -0.1) is 0 Å². The molecule has 0 aromatic heterocycles. The Balaban J connectivity index is 2.26. The van der Waals surface area contributed by atoms with Crippen molar-refractivity contribution in [1.29, 1.82) is 0 Å². The zero-order valence-corrected chi connectivity index (χ0v) is 9.61. The van der Waals surface area contributed by atoms with Gasteiger partial charge in [-0.2, -0.15) is 18.3 Å². The first-order valence-electron chi connectivity index (χ1n) is 5.34. The van der Waals surface area contributed by atoms with Crippen LogP contribution in [0.15, 0.2) is 29.4 Å². The number of alkyl halides is 3. The van der Waals surface area contributed by atoms with Crippen LogP contribution in [0.3, 0.4) is 0 Å². The number of amidine groups is 1. The summed E-state index contributed by atoms with van der Waals surface area (Å²) in [5.74, 6) is -0.692. The Bertz CT molecular complexity index is 528. The van der Waals surface area contributed by atoms with Crippen molar-refractivity contribution in [1.82, 2.24) is 10.3 Å². The van der Waals surface area contributed by atoms with E-state index in [1.165, 1.54) is 18.2 Å². The van der Waals surface area contributed by atoms with Crippen molar-refractivity contribution in [2.24, 2.45) is 5.10 Å². The fourth-order valence-electron chi connectivity index (χ4n) is 1.57. The molecule has 0 unspecified atom stereocenters. The Hall–Kier alpha value is -2.25. The number of halogens is 3. The van der Waals surface area contributed by atoms with Crippen molar-refractivity contribution < 1.29 is 23.1 Å². The molecule has 0 radical (unpaired) electrons. The Kier molecular flexibility index (Phi) is 3.32. The first-order chi connectivity index (χ1) is 8.85. The molecule has 19 heavy (non-hydrogen) atoms. The van der Waals surface area contributed by atoms with Crippen molar-refractivity contribution in [3.8, 4) is 5.75 Å². The van der Waals surface area contributed by atoms with E-state index in [1.54, 1.807) is 6.07 Å². The van der Waals surface area contributed by atoms with Crippen LogP contribution in [0.2, 0.25) is 0 Å². The van der Waals surface area contributed by atoms with Gasteiger partial charge in [0.2, 0.25) is 0 Å². The van der Waals surface area contributed by atoms with Crippen molar-refractivity contribution >= 4 is 11.7 Å². The quantitative estimate of drug-likeness (QED) is 0.846. The van der Waals surface area contributed by atoms with Crippen molar-refractivity contribution in [2.75, 3.05) is 13.1 Å². The lowest BCUT2D eigenvalue weighted by atomic mass is 10.2. The number of rotatable bonds is 2. The van der Waals surface area contributed by atoms with Crippen LogP contribution in [-0.4, -0.2) is 41.1 Å². The summed E-state index contributed by atoms with van der Waals surface area (Å²) in [5.41, 5.74) is 0.402. The molecule has 1 heterocycles. The zero-order chi connectivity index (χ0) is 14.0. The highest BCUT2D eigenvalue weighted by molar-refractivity contribution is 6.03. The van der Waals surface area contributed by atoms with Crippen LogP contribution in [0.25, 0.3) is 0 Å². The van der Waals surface area contributed by atoms with Crippen LogP contribution >= 0.6 is 0 Å². The van der Waals surface area contributed by atoms with E-state index in [1.807, 2.05) is 0 Å². The Morgan fingerprint density at radius 1 is 1.42 bits per heavy atom. The van der Waals surface area contributed by atoms with E-state index in [9.17, 15) is 23.1 Å².